The average molecular weight is 184 g/mol. The van der Waals surface area contributed by atoms with Gasteiger partial charge < -0.3 is 4.98 Å². The van der Waals surface area contributed by atoms with Gasteiger partial charge in [0.1, 0.15) is 5.82 Å². The zero-order chi connectivity index (χ0) is 9.80. The number of nitrogens with zero attached hydrogens (tertiary/aromatic N) is 1. The monoisotopic (exact) mass is 184 g/mol. The molecule has 0 aliphatic rings. The van der Waals surface area contributed by atoms with Gasteiger partial charge in [-0.1, -0.05) is 36.4 Å². The Labute approximate surface area is 83.3 Å². The van der Waals surface area contributed by atoms with E-state index in [9.17, 15) is 0 Å². The molecule has 1 heterocycles. The normalized spacial score (nSPS) is 12.3. The van der Waals surface area contributed by atoms with Gasteiger partial charge >= 0.3 is 0 Å². The van der Waals surface area contributed by atoms with Gasteiger partial charge in [0.05, 0.1) is 5.92 Å². The molecule has 2 nitrogen and oxygen atoms in total. The van der Waals surface area contributed by atoms with Crippen LogP contribution in [0.1, 0.15) is 17.3 Å². The Balaban J connectivity index is 2.36. The SMILES string of the molecule is C=CC(c1ccccc1)c1ncc[nH]1. The van der Waals surface area contributed by atoms with Crippen LogP contribution in [0.4, 0.5) is 0 Å². The lowest BCUT2D eigenvalue weighted by Gasteiger charge is -2.09. The van der Waals surface area contributed by atoms with Gasteiger partial charge in [-0.3, -0.25) is 0 Å². The first-order chi connectivity index (χ1) is 6.92. The molecular weight excluding hydrogens is 172 g/mol. The number of H-pyrrole nitrogens is 1. The van der Waals surface area contributed by atoms with Crippen LogP contribution in [-0.2, 0) is 0 Å². The van der Waals surface area contributed by atoms with E-state index in [1.165, 1.54) is 5.56 Å². The van der Waals surface area contributed by atoms with Gasteiger partial charge in [0.15, 0.2) is 0 Å². The Morgan fingerprint density at radius 1 is 1.29 bits per heavy atom. The molecule has 0 amide bonds. The number of hydrogen-bond donors (Lipinski definition) is 1. The van der Waals surface area contributed by atoms with Crippen molar-refractivity contribution in [2.75, 3.05) is 0 Å². The minimum atomic E-state index is 0.159. The molecule has 0 radical (unpaired) electrons. The Bertz CT molecular complexity index is 390. The lowest BCUT2D eigenvalue weighted by Crippen LogP contribution is -1.99. The van der Waals surface area contributed by atoms with Crippen LogP contribution in [0.2, 0.25) is 0 Å². The highest BCUT2D eigenvalue weighted by atomic mass is 14.9. The molecule has 2 heteroatoms. The van der Waals surface area contributed by atoms with Gasteiger partial charge in [0.25, 0.3) is 0 Å². The highest BCUT2D eigenvalue weighted by molar-refractivity contribution is 5.29. The second-order valence-corrected chi connectivity index (χ2v) is 3.10. The van der Waals surface area contributed by atoms with Crippen molar-refractivity contribution in [1.82, 2.24) is 9.97 Å². The third kappa shape index (κ3) is 1.59. The molecule has 0 spiro atoms. The Hall–Kier alpha value is -1.83. The van der Waals surface area contributed by atoms with Gasteiger partial charge in [-0.15, -0.1) is 6.58 Å². The summed E-state index contributed by atoms with van der Waals surface area (Å²) in [6, 6.07) is 10.2. The van der Waals surface area contributed by atoms with Crippen LogP contribution >= 0.6 is 0 Å². The zero-order valence-electron chi connectivity index (χ0n) is 7.85. The summed E-state index contributed by atoms with van der Waals surface area (Å²) in [6.07, 6.45) is 5.48. The number of nitrogens with one attached hydrogen (secondary N) is 1. The molecule has 70 valence electrons. The fraction of sp³-hybridized carbons (Fsp3) is 0.0833. The summed E-state index contributed by atoms with van der Waals surface area (Å²) in [5.41, 5.74) is 1.21. The molecule has 1 atom stereocenters. The highest BCUT2D eigenvalue weighted by Gasteiger charge is 2.11. The summed E-state index contributed by atoms with van der Waals surface area (Å²) < 4.78 is 0. The van der Waals surface area contributed by atoms with Crippen molar-refractivity contribution in [3.63, 3.8) is 0 Å². The summed E-state index contributed by atoms with van der Waals surface area (Å²) in [7, 11) is 0. The van der Waals surface area contributed by atoms with E-state index >= 15 is 0 Å². The minimum absolute atomic E-state index is 0.159. The van der Waals surface area contributed by atoms with Crippen molar-refractivity contribution >= 4 is 0 Å². The number of benzene rings is 1. The molecule has 1 aromatic heterocycles. The minimum Gasteiger partial charge on any atom is -0.348 e. The summed E-state index contributed by atoms with van der Waals surface area (Å²) in [6.45, 7) is 3.83. The molecule has 0 fully saturated rings. The lowest BCUT2D eigenvalue weighted by molar-refractivity contribution is 0.918. The fourth-order valence-corrected chi connectivity index (χ4v) is 1.51. The average Bonchev–Trinajstić information content (AvgIpc) is 2.74. The summed E-state index contributed by atoms with van der Waals surface area (Å²) in [5, 5.41) is 0. The second-order valence-electron chi connectivity index (χ2n) is 3.10. The second kappa shape index (κ2) is 3.92. The van der Waals surface area contributed by atoms with Gasteiger partial charge in [-0.2, -0.15) is 0 Å². The van der Waals surface area contributed by atoms with E-state index in [1.807, 2.05) is 30.5 Å². The van der Waals surface area contributed by atoms with Crippen molar-refractivity contribution in [3.05, 3.63) is 66.8 Å². The van der Waals surface area contributed by atoms with E-state index in [2.05, 4.69) is 28.7 Å². The van der Waals surface area contributed by atoms with Crippen molar-refractivity contribution in [2.24, 2.45) is 0 Å². The van der Waals surface area contributed by atoms with Crippen LogP contribution in [0, 0.1) is 0 Å². The Kier molecular flexibility index (Phi) is 2.45. The van der Waals surface area contributed by atoms with Gasteiger partial charge in [0, 0.05) is 12.4 Å². The van der Waals surface area contributed by atoms with E-state index in [1.54, 1.807) is 6.20 Å². The van der Waals surface area contributed by atoms with E-state index in [0.717, 1.165) is 5.82 Å². The first-order valence-corrected chi connectivity index (χ1v) is 4.58. The smallest absolute Gasteiger partial charge is 0.117 e. The Morgan fingerprint density at radius 3 is 2.64 bits per heavy atom. The predicted octanol–water partition coefficient (Wildman–Crippen LogP) is 2.73. The van der Waals surface area contributed by atoms with E-state index in [0.29, 0.717) is 0 Å². The van der Waals surface area contributed by atoms with E-state index < -0.39 is 0 Å². The van der Waals surface area contributed by atoms with Crippen LogP contribution in [-0.4, -0.2) is 9.97 Å². The fourth-order valence-electron chi connectivity index (χ4n) is 1.51. The number of aromatic amines is 1. The van der Waals surface area contributed by atoms with Crippen LogP contribution in [0.5, 0.6) is 0 Å². The quantitative estimate of drug-likeness (QED) is 0.730. The summed E-state index contributed by atoms with van der Waals surface area (Å²) in [5.74, 6) is 1.09. The molecule has 2 aromatic rings. The van der Waals surface area contributed by atoms with E-state index in [4.69, 9.17) is 0 Å². The highest BCUT2D eigenvalue weighted by Crippen LogP contribution is 2.21. The molecule has 14 heavy (non-hydrogen) atoms. The molecule has 0 aliphatic carbocycles. The maximum absolute atomic E-state index is 4.24. The molecule has 2 rings (SSSR count). The maximum atomic E-state index is 4.24. The standard InChI is InChI=1S/C12H12N2/c1-2-11(12-13-8-9-14-12)10-6-4-3-5-7-10/h2-9,11H,1H2,(H,13,14). The van der Waals surface area contributed by atoms with Gasteiger partial charge in [-0.25, -0.2) is 4.98 Å². The molecule has 1 aromatic carbocycles. The molecule has 1 unspecified atom stereocenters. The molecule has 0 bridgehead atoms. The van der Waals surface area contributed by atoms with Crippen LogP contribution < -0.4 is 0 Å². The Morgan fingerprint density at radius 2 is 2.07 bits per heavy atom. The molecular formula is C12H12N2. The van der Waals surface area contributed by atoms with Crippen molar-refractivity contribution < 1.29 is 0 Å². The number of hydrogen-bond acceptors (Lipinski definition) is 1. The number of rotatable bonds is 3. The van der Waals surface area contributed by atoms with Crippen LogP contribution in [0.3, 0.4) is 0 Å². The number of aromatic nitrogens is 2. The molecule has 1 N–H and O–H groups in total. The van der Waals surface area contributed by atoms with Crippen molar-refractivity contribution in [1.29, 1.82) is 0 Å². The van der Waals surface area contributed by atoms with Crippen molar-refractivity contribution in [2.45, 2.75) is 5.92 Å². The molecule has 0 saturated heterocycles. The first kappa shape index (κ1) is 8.75. The van der Waals surface area contributed by atoms with Crippen LogP contribution in [0.15, 0.2) is 55.4 Å². The molecule has 0 aliphatic heterocycles. The molecule has 0 saturated carbocycles. The lowest BCUT2D eigenvalue weighted by atomic mass is 9.99. The third-order valence-corrected chi connectivity index (χ3v) is 2.21. The van der Waals surface area contributed by atoms with Gasteiger partial charge in [-0.05, 0) is 5.56 Å². The predicted molar refractivity (Wildman–Crippen MR) is 57.1 cm³/mol. The summed E-state index contributed by atoms with van der Waals surface area (Å²) in [4.78, 5) is 7.34. The van der Waals surface area contributed by atoms with Crippen molar-refractivity contribution in [3.8, 4) is 0 Å². The number of allylic oxidation sites excluding steroid dienone is 1. The first-order valence-electron chi connectivity index (χ1n) is 4.58. The maximum Gasteiger partial charge on any atom is 0.117 e. The zero-order valence-corrected chi connectivity index (χ0v) is 7.85. The topological polar surface area (TPSA) is 28.7 Å². The summed E-state index contributed by atoms with van der Waals surface area (Å²) >= 11 is 0. The van der Waals surface area contributed by atoms with Gasteiger partial charge in [0.2, 0.25) is 0 Å². The number of imidazole rings is 1. The largest absolute Gasteiger partial charge is 0.348 e. The van der Waals surface area contributed by atoms with Crippen LogP contribution in [0.25, 0.3) is 0 Å². The third-order valence-electron chi connectivity index (χ3n) is 2.21. The van der Waals surface area contributed by atoms with E-state index in [-0.39, 0.29) is 5.92 Å².